The van der Waals surface area contributed by atoms with Gasteiger partial charge in [0.1, 0.15) is 6.04 Å². The van der Waals surface area contributed by atoms with Crippen LogP contribution in [0.25, 0.3) is 0 Å². The number of amides is 1. The van der Waals surface area contributed by atoms with Crippen LogP contribution in [0.1, 0.15) is 19.8 Å². The van der Waals surface area contributed by atoms with E-state index in [2.05, 4.69) is 5.32 Å². The number of ether oxygens (including phenoxy) is 1. The molecule has 2 aliphatic rings. The Labute approximate surface area is 87.1 Å². The molecular formula is C9H14N2O4. The highest BCUT2D eigenvalue weighted by atomic mass is 16.6. The molecule has 2 rings (SSSR count). The van der Waals surface area contributed by atoms with Gasteiger partial charge in [-0.1, -0.05) is 6.92 Å². The molecule has 15 heavy (non-hydrogen) atoms. The Morgan fingerprint density at radius 2 is 2.27 bits per heavy atom. The van der Waals surface area contributed by atoms with Crippen molar-refractivity contribution in [2.75, 3.05) is 13.2 Å². The van der Waals surface area contributed by atoms with Gasteiger partial charge in [-0.3, -0.25) is 14.9 Å². The first-order valence-corrected chi connectivity index (χ1v) is 5.03. The molecule has 0 saturated carbocycles. The third-order valence-corrected chi connectivity index (χ3v) is 3.25. The summed E-state index contributed by atoms with van der Waals surface area (Å²) >= 11 is 0. The van der Waals surface area contributed by atoms with Crippen molar-refractivity contribution in [3.05, 3.63) is 10.1 Å². The minimum atomic E-state index is -0.670. The number of piperidine rings is 1. The molecule has 0 aliphatic carbocycles. The van der Waals surface area contributed by atoms with Gasteiger partial charge in [-0.15, -0.1) is 0 Å². The van der Waals surface area contributed by atoms with Crippen LogP contribution < -0.4 is 5.32 Å². The number of nitrogens with one attached hydrogen (secondary N) is 1. The van der Waals surface area contributed by atoms with Gasteiger partial charge in [-0.2, -0.15) is 0 Å². The summed E-state index contributed by atoms with van der Waals surface area (Å²) in [6.07, 6.45) is 0.582. The second-order valence-electron chi connectivity index (χ2n) is 4.58. The van der Waals surface area contributed by atoms with E-state index in [0.29, 0.717) is 19.6 Å². The Bertz CT molecular complexity index is 300. The number of carbonyl (C=O) groups is 1. The highest BCUT2D eigenvalue weighted by molar-refractivity contribution is 5.77. The number of hydrogen-bond acceptors (Lipinski definition) is 4. The summed E-state index contributed by atoms with van der Waals surface area (Å²) in [6.45, 7) is 2.90. The van der Waals surface area contributed by atoms with Crippen LogP contribution >= 0.6 is 0 Å². The number of carbonyl (C=O) groups excluding carboxylic acids is 1. The molecule has 0 unspecified atom stereocenters. The van der Waals surface area contributed by atoms with Crippen molar-refractivity contribution in [2.24, 2.45) is 5.41 Å². The summed E-state index contributed by atoms with van der Waals surface area (Å²) < 4.78 is 5.08. The van der Waals surface area contributed by atoms with Crippen molar-refractivity contribution >= 4 is 5.91 Å². The quantitative estimate of drug-likeness (QED) is 0.516. The van der Waals surface area contributed by atoms with Crippen LogP contribution in [0, 0.1) is 15.5 Å². The molecule has 1 amide bonds. The van der Waals surface area contributed by atoms with Crippen LogP contribution in [0.2, 0.25) is 0 Å². The summed E-state index contributed by atoms with van der Waals surface area (Å²) in [5.41, 5.74) is -0.270. The molecule has 0 aromatic carbocycles. The Hall–Kier alpha value is -1.17. The lowest BCUT2D eigenvalue weighted by Crippen LogP contribution is -2.64. The van der Waals surface area contributed by atoms with Gasteiger partial charge >= 0.3 is 0 Å². The molecule has 2 saturated heterocycles. The molecule has 1 N–H and O–H groups in total. The molecule has 0 aromatic heterocycles. The molecule has 2 fully saturated rings. The van der Waals surface area contributed by atoms with Crippen LogP contribution in [-0.2, 0) is 9.53 Å². The highest BCUT2D eigenvalue weighted by Crippen LogP contribution is 2.35. The first kappa shape index (κ1) is 10.4. The maximum Gasteiger partial charge on any atom is 0.234 e. The summed E-state index contributed by atoms with van der Waals surface area (Å²) in [5, 5.41) is 13.6. The number of nitro groups is 1. The molecule has 0 radical (unpaired) electrons. The van der Waals surface area contributed by atoms with Gasteiger partial charge in [0.15, 0.2) is 0 Å². The number of hydrogen-bond donors (Lipinski definition) is 1. The molecule has 0 aromatic rings. The van der Waals surface area contributed by atoms with E-state index in [-0.39, 0.29) is 28.7 Å². The van der Waals surface area contributed by atoms with E-state index in [0.717, 1.165) is 0 Å². The SMILES string of the molecule is CC1([C@@H]2NC(=O)CC[C@H]2[N+](=O)[O-])COC1. The minimum Gasteiger partial charge on any atom is -0.380 e. The highest BCUT2D eigenvalue weighted by Gasteiger charge is 2.52. The Kier molecular flexibility index (Phi) is 2.38. The average Bonchev–Trinajstić information content (AvgIpc) is 2.13. The average molecular weight is 214 g/mol. The second kappa shape index (κ2) is 3.44. The third-order valence-electron chi connectivity index (χ3n) is 3.25. The zero-order chi connectivity index (χ0) is 11.1. The van der Waals surface area contributed by atoms with E-state index in [4.69, 9.17) is 4.74 Å². The molecule has 2 atom stereocenters. The fourth-order valence-corrected chi connectivity index (χ4v) is 2.26. The zero-order valence-electron chi connectivity index (χ0n) is 8.56. The number of nitrogens with zero attached hydrogens (tertiary/aromatic N) is 1. The molecule has 6 nitrogen and oxygen atoms in total. The Morgan fingerprint density at radius 3 is 2.73 bits per heavy atom. The Morgan fingerprint density at radius 1 is 1.60 bits per heavy atom. The molecule has 84 valence electrons. The predicted octanol–water partition coefficient (Wildman–Crippen LogP) is -0.0532. The monoisotopic (exact) mass is 214 g/mol. The van der Waals surface area contributed by atoms with Gasteiger partial charge in [0, 0.05) is 23.2 Å². The van der Waals surface area contributed by atoms with Crippen molar-refractivity contribution in [1.29, 1.82) is 0 Å². The minimum absolute atomic E-state index is 0.0915. The maximum absolute atomic E-state index is 11.3. The second-order valence-corrected chi connectivity index (χ2v) is 4.58. The molecule has 0 bridgehead atoms. The normalized spacial score (nSPS) is 34.1. The van der Waals surface area contributed by atoms with Crippen molar-refractivity contribution in [2.45, 2.75) is 31.8 Å². The Balaban J connectivity index is 2.16. The van der Waals surface area contributed by atoms with Gasteiger partial charge in [0.2, 0.25) is 11.9 Å². The standard InChI is InChI=1S/C9H14N2O4/c1-9(4-15-5-9)8-6(11(13)14)2-3-7(12)10-8/h6,8H,2-5H2,1H3,(H,10,12)/t6-,8-/m1/s1. The van der Waals surface area contributed by atoms with Crippen molar-refractivity contribution in [1.82, 2.24) is 5.32 Å². The largest absolute Gasteiger partial charge is 0.380 e. The molecule has 0 spiro atoms. The lowest BCUT2D eigenvalue weighted by atomic mass is 9.74. The first-order chi connectivity index (χ1) is 7.03. The molecule has 2 heterocycles. The van der Waals surface area contributed by atoms with E-state index >= 15 is 0 Å². The van der Waals surface area contributed by atoms with Gasteiger partial charge in [0.25, 0.3) is 0 Å². The molecule has 2 aliphatic heterocycles. The van der Waals surface area contributed by atoms with E-state index in [1.165, 1.54) is 0 Å². The first-order valence-electron chi connectivity index (χ1n) is 5.03. The summed E-state index contributed by atoms with van der Waals surface area (Å²) in [7, 11) is 0. The van der Waals surface area contributed by atoms with Crippen LogP contribution in [0.15, 0.2) is 0 Å². The van der Waals surface area contributed by atoms with Crippen LogP contribution in [0.3, 0.4) is 0 Å². The third kappa shape index (κ3) is 1.69. The molecular weight excluding hydrogens is 200 g/mol. The van der Waals surface area contributed by atoms with Crippen LogP contribution in [0.4, 0.5) is 0 Å². The van der Waals surface area contributed by atoms with Crippen LogP contribution in [-0.4, -0.2) is 36.1 Å². The number of rotatable bonds is 2. The maximum atomic E-state index is 11.3. The zero-order valence-corrected chi connectivity index (χ0v) is 8.56. The van der Waals surface area contributed by atoms with Crippen LogP contribution in [0.5, 0.6) is 0 Å². The van der Waals surface area contributed by atoms with Gasteiger partial charge in [0.05, 0.1) is 13.2 Å². The smallest absolute Gasteiger partial charge is 0.234 e. The van der Waals surface area contributed by atoms with E-state index in [1.54, 1.807) is 0 Å². The fourth-order valence-electron chi connectivity index (χ4n) is 2.26. The summed E-state index contributed by atoms with van der Waals surface area (Å²) in [5.74, 6) is -0.0915. The predicted molar refractivity (Wildman–Crippen MR) is 50.9 cm³/mol. The lowest BCUT2D eigenvalue weighted by molar-refractivity contribution is -0.533. The van der Waals surface area contributed by atoms with E-state index in [1.807, 2.05) is 6.92 Å². The van der Waals surface area contributed by atoms with Gasteiger partial charge < -0.3 is 10.1 Å². The summed E-state index contributed by atoms with van der Waals surface area (Å²) in [6, 6.07) is -1.06. The van der Waals surface area contributed by atoms with Crippen molar-refractivity contribution < 1.29 is 14.5 Å². The van der Waals surface area contributed by atoms with Crippen molar-refractivity contribution in [3.63, 3.8) is 0 Å². The van der Waals surface area contributed by atoms with Gasteiger partial charge in [-0.25, -0.2) is 0 Å². The van der Waals surface area contributed by atoms with Crippen molar-refractivity contribution in [3.8, 4) is 0 Å². The van der Waals surface area contributed by atoms with Gasteiger partial charge in [-0.05, 0) is 0 Å². The molecule has 6 heteroatoms. The van der Waals surface area contributed by atoms with E-state index in [9.17, 15) is 14.9 Å². The topological polar surface area (TPSA) is 81.5 Å². The van der Waals surface area contributed by atoms with E-state index < -0.39 is 6.04 Å². The lowest BCUT2D eigenvalue weighted by Gasteiger charge is -2.46. The summed E-state index contributed by atoms with van der Waals surface area (Å²) in [4.78, 5) is 21.8. The fraction of sp³-hybridized carbons (Fsp3) is 0.889.